The number of rotatable bonds is 4. The minimum absolute atomic E-state index is 0.134. The molecule has 1 aromatic rings. The van der Waals surface area contributed by atoms with Crippen LogP contribution in [0.25, 0.3) is 0 Å². The second kappa shape index (κ2) is 6.84. The van der Waals surface area contributed by atoms with Gasteiger partial charge in [-0.2, -0.15) is 13.2 Å². The topological polar surface area (TPSA) is 28.6 Å². The lowest BCUT2D eigenvalue weighted by atomic mass is 9.56. The number of halogens is 3. The van der Waals surface area contributed by atoms with Crippen molar-refractivity contribution in [2.75, 3.05) is 39.3 Å². The molecule has 0 radical (unpaired) electrons. The van der Waals surface area contributed by atoms with Crippen LogP contribution in [0.5, 0.6) is 0 Å². The minimum Gasteiger partial charge on any atom is -0.375 e. The van der Waals surface area contributed by atoms with E-state index in [4.69, 9.17) is 4.74 Å². The maximum Gasteiger partial charge on any atom is 0.433 e. The molecule has 2 unspecified atom stereocenters. The molecule has 8 heteroatoms. The van der Waals surface area contributed by atoms with E-state index < -0.39 is 11.9 Å². The lowest BCUT2D eigenvalue weighted by molar-refractivity contribution is -0.219. The van der Waals surface area contributed by atoms with Gasteiger partial charge in [-0.25, -0.2) is 9.29 Å². The van der Waals surface area contributed by atoms with Crippen molar-refractivity contribution in [3.8, 4) is 0 Å². The van der Waals surface area contributed by atoms with E-state index in [0.29, 0.717) is 22.9 Å². The van der Waals surface area contributed by atoms with Crippen molar-refractivity contribution in [1.82, 2.24) is 14.2 Å². The highest BCUT2D eigenvalue weighted by Crippen LogP contribution is 2.57. The van der Waals surface area contributed by atoms with Gasteiger partial charge < -0.3 is 9.64 Å². The fraction of sp³-hybridized carbons (Fsp3) is 0.762. The first-order chi connectivity index (χ1) is 13.6. The Morgan fingerprint density at radius 2 is 1.86 bits per heavy atom. The smallest absolute Gasteiger partial charge is 0.375 e. The highest BCUT2D eigenvalue weighted by atomic mass is 32.2. The van der Waals surface area contributed by atoms with E-state index in [0.717, 1.165) is 43.7 Å². The molecule has 5 aliphatic rings. The average molecular weight is 428 g/mol. The molecule has 4 aliphatic heterocycles. The number of aryl methyl sites for hydroxylation is 1. The number of alkyl halides is 3. The van der Waals surface area contributed by atoms with Crippen LogP contribution in [0, 0.1) is 24.2 Å². The molecule has 5 heterocycles. The molecule has 0 aromatic carbocycles. The standard InChI is InChI=1S/C21H28F3N3OS/c1-14-17(3-4-18(25-14)21(22,23)24)29-27-9-15-7-26(8-16(15)10-27)13-20-5-6-28-19(2,11-20)12-20/h3-4,15-16H,5-13H2,1-2H3. The van der Waals surface area contributed by atoms with E-state index in [1.165, 1.54) is 25.8 Å². The van der Waals surface area contributed by atoms with Crippen LogP contribution in [0.4, 0.5) is 13.2 Å². The van der Waals surface area contributed by atoms with Gasteiger partial charge in [0.25, 0.3) is 0 Å². The predicted octanol–water partition coefficient (Wildman–Crippen LogP) is 4.24. The SMILES string of the molecule is Cc1nc(C(F)(F)F)ccc1SN1CC2CN(CC34CCOC(C)(C3)C4)CC2C1. The number of pyridine rings is 1. The zero-order chi connectivity index (χ0) is 20.4. The van der Waals surface area contributed by atoms with Gasteiger partial charge >= 0.3 is 6.18 Å². The zero-order valence-electron chi connectivity index (χ0n) is 17.0. The molecule has 0 N–H and O–H groups in total. The van der Waals surface area contributed by atoms with Crippen LogP contribution >= 0.6 is 11.9 Å². The molecule has 4 nitrogen and oxygen atoms in total. The fourth-order valence-electron chi connectivity index (χ4n) is 6.19. The van der Waals surface area contributed by atoms with Crippen LogP contribution < -0.4 is 0 Å². The van der Waals surface area contributed by atoms with Crippen LogP contribution in [0.1, 0.15) is 37.6 Å². The Kier molecular flexibility index (Phi) is 4.74. The molecule has 0 spiro atoms. The van der Waals surface area contributed by atoms with E-state index in [9.17, 15) is 13.2 Å². The van der Waals surface area contributed by atoms with Crippen LogP contribution in [0.3, 0.4) is 0 Å². The van der Waals surface area contributed by atoms with Gasteiger partial charge in [0.1, 0.15) is 5.69 Å². The van der Waals surface area contributed by atoms with Crippen LogP contribution in [0.2, 0.25) is 0 Å². The summed E-state index contributed by atoms with van der Waals surface area (Å²) in [5, 5.41) is 0. The average Bonchev–Trinajstić information content (AvgIpc) is 3.12. The molecule has 1 aromatic heterocycles. The van der Waals surface area contributed by atoms with Crippen molar-refractivity contribution < 1.29 is 17.9 Å². The Balaban J connectivity index is 1.15. The highest BCUT2D eigenvalue weighted by Gasteiger charge is 2.57. The molecule has 2 bridgehead atoms. The number of fused-ring (bicyclic) bond motifs is 3. The van der Waals surface area contributed by atoms with Crippen LogP contribution in [-0.2, 0) is 10.9 Å². The summed E-state index contributed by atoms with van der Waals surface area (Å²) in [6, 6.07) is 2.65. The van der Waals surface area contributed by atoms with E-state index in [1.807, 2.05) is 0 Å². The van der Waals surface area contributed by atoms with Gasteiger partial charge in [-0.1, -0.05) is 0 Å². The van der Waals surface area contributed by atoms with E-state index in [1.54, 1.807) is 24.9 Å². The number of hydrogen-bond acceptors (Lipinski definition) is 5. The fourth-order valence-corrected chi connectivity index (χ4v) is 7.30. The summed E-state index contributed by atoms with van der Waals surface area (Å²) in [7, 11) is 0. The first-order valence-electron chi connectivity index (χ1n) is 10.5. The number of likely N-dealkylation sites (tertiary alicyclic amines) is 1. The van der Waals surface area contributed by atoms with Crippen molar-refractivity contribution in [2.45, 2.75) is 49.8 Å². The van der Waals surface area contributed by atoms with E-state index in [-0.39, 0.29) is 5.60 Å². The van der Waals surface area contributed by atoms with Gasteiger partial charge in [0.05, 0.1) is 11.3 Å². The van der Waals surface area contributed by atoms with Gasteiger partial charge in [-0.15, -0.1) is 0 Å². The second-order valence-corrected chi connectivity index (χ2v) is 11.0. The molecule has 29 heavy (non-hydrogen) atoms. The van der Waals surface area contributed by atoms with Gasteiger partial charge in [-0.3, -0.25) is 0 Å². The van der Waals surface area contributed by atoms with E-state index in [2.05, 4.69) is 21.1 Å². The van der Waals surface area contributed by atoms with Crippen molar-refractivity contribution >= 4 is 11.9 Å². The summed E-state index contributed by atoms with van der Waals surface area (Å²) in [6.45, 7) is 10.3. The summed E-state index contributed by atoms with van der Waals surface area (Å²) >= 11 is 1.57. The lowest BCUT2D eigenvalue weighted by Gasteiger charge is -2.60. The third-order valence-electron chi connectivity index (χ3n) is 7.22. The maximum absolute atomic E-state index is 12.8. The molecule has 4 saturated heterocycles. The highest BCUT2D eigenvalue weighted by molar-refractivity contribution is 7.97. The third kappa shape index (κ3) is 3.82. The molecule has 1 aliphatic carbocycles. The van der Waals surface area contributed by atoms with Crippen LogP contribution in [0.15, 0.2) is 17.0 Å². The Morgan fingerprint density at radius 1 is 1.17 bits per heavy atom. The predicted molar refractivity (Wildman–Crippen MR) is 105 cm³/mol. The third-order valence-corrected chi connectivity index (χ3v) is 8.41. The normalized spacial score (nSPS) is 37.6. The minimum atomic E-state index is -4.38. The molecular weight excluding hydrogens is 399 g/mol. The summed E-state index contributed by atoms with van der Waals surface area (Å²) in [5.41, 5.74) is 0.251. The van der Waals surface area contributed by atoms with Crippen LogP contribution in [-0.4, -0.2) is 59.1 Å². The molecule has 5 fully saturated rings. The number of nitrogens with zero attached hydrogens (tertiary/aromatic N) is 3. The molecule has 1 saturated carbocycles. The molecule has 2 atom stereocenters. The van der Waals surface area contributed by atoms with Gasteiger partial charge in [0, 0.05) is 44.2 Å². The Hall–Kier alpha value is -0.830. The number of hydrogen-bond donors (Lipinski definition) is 0. The van der Waals surface area contributed by atoms with Crippen molar-refractivity contribution in [1.29, 1.82) is 0 Å². The van der Waals surface area contributed by atoms with Crippen molar-refractivity contribution in [3.63, 3.8) is 0 Å². The van der Waals surface area contributed by atoms with Gasteiger partial charge in [-0.05, 0) is 74.4 Å². The lowest BCUT2D eigenvalue weighted by Crippen LogP contribution is -2.60. The van der Waals surface area contributed by atoms with Gasteiger partial charge in [0.2, 0.25) is 0 Å². The quantitative estimate of drug-likeness (QED) is 0.671. The number of ether oxygens (including phenoxy) is 1. The monoisotopic (exact) mass is 427 g/mol. The summed E-state index contributed by atoms with van der Waals surface area (Å²) in [4.78, 5) is 7.25. The molecule has 0 amide bonds. The van der Waals surface area contributed by atoms with E-state index >= 15 is 0 Å². The molecule has 160 valence electrons. The molecular formula is C21H28F3N3OS. The van der Waals surface area contributed by atoms with Gasteiger partial charge in [0.15, 0.2) is 0 Å². The zero-order valence-corrected chi connectivity index (χ0v) is 17.8. The first-order valence-corrected chi connectivity index (χ1v) is 11.2. The summed E-state index contributed by atoms with van der Waals surface area (Å²) < 4.78 is 46.7. The second-order valence-electron chi connectivity index (χ2n) is 9.83. The molecule has 6 rings (SSSR count). The Bertz CT molecular complexity index is 782. The van der Waals surface area contributed by atoms with Crippen molar-refractivity contribution in [2.24, 2.45) is 17.3 Å². The Labute approximate surface area is 174 Å². The Morgan fingerprint density at radius 3 is 2.45 bits per heavy atom. The number of aromatic nitrogens is 1. The summed E-state index contributed by atoms with van der Waals surface area (Å²) in [5.74, 6) is 1.32. The van der Waals surface area contributed by atoms with Crippen molar-refractivity contribution in [3.05, 3.63) is 23.5 Å². The summed E-state index contributed by atoms with van der Waals surface area (Å²) in [6.07, 6.45) is -0.789. The first kappa shape index (κ1) is 20.1. The largest absolute Gasteiger partial charge is 0.433 e. The maximum atomic E-state index is 12.8.